The Morgan fingerprint density at radius 3 is 2.67 bits per heavy atom. The molecule has 21 heavy (non-hydrogen) atoms. The van der Waals surface area contributed by atoms with E-state index in [4.69, 9.17) is 28.9 Å². The minimum Gasteiger partial charge on any atom is -0.398 e. The van der Waals surface area contributed by atoms with E-state index in [9.17, 15) is 8.42 Å². The molecule has 2 rings (SSSR count). The number of nitrogens with one attached hydrogen (secondary N) is 1. The van der Waals surface area contributed by atoms with E-state index in [1.165, 1.54) is 12.1 Å². The normalized spacial score (nSPS) is 11.6. The zero-order valence-electron chi connectivity index (χ0n) is 11.0. The molecule has 1 aromatic heterocycles. The molecule has 9 heteroatoms. The summed E-state index contributed by atoms with van der Waals surface area (Å²) in [6, 6.07) is 4.27. The van der Waals surface area contributed by atoms with Crippen molar-refractivity contribution in [1.82, 2.24) is 14.7 Å². The average Bonchev–Trinajstić information content (AvgIpc) is 2.35. The van der Waals surface area contributed by atoms with Gasteiger partial charge in [0.15, 0.2) is 0 Å². The van der Waals surface area contributed by atoms with Gasteiger partial charge in [-0.15, -0.1) is 0 Å². The lowest BCUT2D eigenvalue weighted by Crippen LogP contribution is -2.25. The fourth-order valence-corrected chi connectivity index (χ4v) is 3.69. The third-order valence-electron chi connectivity index (χ3n) is 2.58. The quantitative estimate of drug-likeness (QED) is 0.826. The van der Waals surface area contributed by atoms with Gasteiger partial charge in [-0.1, -0.05) is 23.2 Å². The van der Waals surface area contributed by atoms with Crippen LogP contribution in [0.25, 0.3) is 0 Å². The van der Waals surface area contributed by atoms with Crippen molar-refractivity contribution in [3.05, 3.63) is 46.0 Å². The van der Waals surface area contributed by atoms with Crippen LogP contribution in [0.2, 0.25) is 10.0 Å². The van der Waals surface area contributed by atoms with Gasteiger partial charge in [0.25, 0.3) is 0 Å². The lowest BCUT2D eigenvalue weighted by atomic mass is 10.3. The van der Waals surface area contributed by atoms with Crippen LogP contribution in [-0.4, -0.2) is 18.4 Å². The van der Waals surface area contributed by atoms with E-state index in [2.05, 4.69) is 14.7 Å². The number of aryl methyl sites for hydroxylation is 1. The highest BCUT2D eigenvalue weighted by atomic mass is 35.5. The highest BCUT2D eigenvalue weighted by Crippen LogP contribution is 2.30. The van der Waals surface area contributed by atoms with E-state index < -0.39 is 10.0 Å². The molecule has 0 radical (unpaired) electrons. The predicted octanol–water partition coefficient (Wildman–Crippen LogP) is 2.15. The van der Waals surface area contributed by atoms with Gasteiger partial charge < -0.3 is 5.73 Å². The van der Waals surface area contributed by atoms with Crippen LogP contribution < -0.4 is 10.5 Å². The maximum atomic E-state index is 12.3. The van der Waals surface area contributed by atoms with Crippen LogP contribution in [0.1, 0.15) is 11.5 Å². The van der Waals surface area contributed by atoms with Gasteiger partial charge in [0.1, 0.15) is 10.7 Å². The maximum absolute atomic E-state index is 12.3. The summed E-state index contributed by atoms with van der Waals surface area (Å²) in [5.74, 6) is 0.552. The van der Waals surface area contributed by atoms with Gasteiger partial charge in [-0.05, 0) is 25.1 Å². The minimum absolute atomic E-state index is 0.00406. The molecule has 3 N–H and O–H groups in total. The molecule has 0 aliphatic heterocycles. The molecule has 1 aromatic carbocycles. The third-order valence-corrected chi connectivity index (χ3v) is 4.73. The van der Waals surface area contributed by atoms with Crippen molar-refractivity contribution in [3.63, 3.8) is 0 Å². The summed E-state index contributed by atoms with van der Waals surface area (Å²) in [7, 11) is -3.88. The van der Waals surface area contributed by atoms with E-state index in [-0.39, 0.29) is 27.2 Å². The van der Waals surface area contributed by atoms with E-state index in [1.807, 2.05) is 0 Å². The van der Waals surface area contributed by atoms with Crippen LogP contribution in [0.3, 0.4) is 0 Å². The molecular formula is C12H12Cl2N4O2S. The van der Waals surface area contributed by atoms with Crippen molar-refractivity contribution in [2.24, 2.45) is 0 Å². The maximum Gasteiger partial charge on any atom is 0.244 e. The lowest BCUT2D eigenvalue weighted by Gasteiger charge is -2.11. The lowest BCUT2D eigenvalue weighted by molar-refractivity contribution is 0.580. The van der Waals surface area contributed by atoms with Gasteiger partial charge in [-0.25, -0.2) is 23.1 Å². The van der Waals surface area contributed by atoms with Crippen molar-refractivity contribution >= 4 is 38.9 Å². The Hall–Kier alpha value is -1.41. The van der Waals surface area contributed by atoms with Crippen molar-refractivity contribution in [3.8, 4) is 0 Å². The first-order valence-electron chi connectivity index (χ1n) is 5.82. The molecule has 0 saturated heterocycles. The van der Waals surface area contributed by atoms with E-state index in [0.717, 1.165) is 0 Å². The number of hydrogen-bond donors (Lipinski definition) is 2. The minimum atomic E-state index is -3.88. The molecule has 0 bridgehead atoms. The van der Waals surface area contributed by atoms with Gasteiger partial charge in [-0.3, -0.25) is 0 Å². The highest BCUT2D eigenvalue weighted by molar-refractivity contribution is 7.89. The first-order chi connectivity index (χ1) is 9.79. The standard InChI is InChI=1S/C12H12Cl2N4O2S/c1-7-16-3-2-9(18-7)6-17-21(19,20)12-10(14)4-8(13)5-11(12)15/h2-5,17H,6,15H2,1H3. The smallest absolute Gasteiger partial charge is 0.244 e. The fraction of sp³-hybridized carbons (Fsp3) is 0.167. The van der Waals surface area contributed by atoms with E-state index >= 15 is 0 Å². The van der Waals surface area contributed by atoms with Gasteiger partial charge in [0.05, 0.1) is 22.9 Å². The number of sulfonamides is 1. The molecule has 0 atom stereocenters. The summed E-state index contributed by atoms with van der Waals surface area (Å²) in [6.07, 6.45) is 1.55. The topological polar surface area (TPSA) is 98.0 Å². The molecule has 0 aliphatic rings. The Bertz CT molecular complexity index is 758. The van der Waals surface area contributed by atoms with Crippen molar-refractivity contribution in [1.29, 1.82) is 0 Å². The van der Waals surface area contributed by atoms with Gasteiger partial charge in [0.2, 0.25) is 10.0 Å². The Labute approximate surface area is 132 Å². The monoisotopic (exact) mass is 346 g/mol. The van der Waals surface area contributed by atoms with Crippen molar-refractivity contribution in [2.45, 2.75) is 18.4 Å². The molecule has 1 heterocycles. The molecule has 0 fully saturated rings. The predicted molar refractivity (Wildman–Crippen MR) is 81.7 cm³/mol. The summed E-state index contributed by atoms with van der Waals surface area (Å²) in [4.78, 5) is 7.85. The number of rotatable bonds is 4. The summed E-state index contributed by atoms with van der Waals surface area (Å²) in [5, 5.41) is 0.231. The zero-order valence-corrected chi connectivity index (χ0v) is 13.3. The number of hydrogen-bond acceptors (Lipinski definition) is 5. The summed E-state index contributed by atoms with van der Waals surface area (Å²) in [5.41, 5.74) is 6.21. The zero-order chi connectivity index (χ0) is 15.6. The Morgan fingerprint density at radius 1 is 1.33 bits per heavy atom. The second-order valence-electron chi connectivity index (χ2n) is 4.23. The van der Waals surface area contributed by atoms with Crippen LogP contribution in [0.4, 0.5) is 5.69 Å². The third kappa shape index (κ3) is 3.82. The Kier molecular flexibility index (Phi) is 4.67. The van der Waals surface area contributed by atoms with Crippen molar-refractivity contribution in [2.75, 3.05) is 5.73 Å². The Balaban J connectivity index is 2.27. The van der Waals surface area contributed by atoms with Gasteiger partial charge in [-0.2, -0.15) is 0 Å². The molecule has 0 unspecified atom stereocenters. The van der Waals surface area contributed by atoms with Gasteiger partial charge >= 0.3 is 0 Å². The van der Waals surface area contributed by atoms with E-state index in [1.54, 1.807) is 19.2 Å². The summed E-state index contributed by atoms with van der Waals surface area (Å²) >= 11 is 11.7. The van der Waals surface area contributed by atoms with Crippen LogP contribution in [0.5, 0.6) is 0 Å². The summed E-state index contributed by atoms with van der Waals surface area (Å²) < 4.78 is 27.0. The van der Waals surface area contributed by atoms with E-state index in [0.29, 0.717) is 11.5 Å². The number of halogens is 2. The molecule has 0 spiro atoms. The van der Waals surface area contributed by atoms with Crippen LogP contribution in [0.15, 0.2) is 29.3 Å². The van der Waals surface area contributed by atoms with Crippen LogP contribution in [-0.2, 0) is 16.6 Å². The van der Waals surface area contributed by atoms with Crippen LogP contribution in [0, 0.1) is 6.92 Å². The van der Waals surface area contributed by atoms with Gasteiger partial charge in [0, 0.05) is 11.2 Å². The fourth-order valence-electron chi connectivity index (χ4n) is 1.71. The molecule has 112 valence electrons. The number of nitrogens with zero attached hydrogens (tertiary/aromatic N) is 2. The number of nitrogens with two attached hydrogens (primary N) is 1. The second-order valence-corrected chi connectivity index (χ2v) is 6.77. The molecule has 0 saturated carbocycles. The molecule has 0 amide bonds. The number of aromatic nitrogens is 2. The number of benzene rings is 1. The molecular weight excluding hydrogens is 335 g/mol. The molecule has 0 aliphatic carbocycles. The van der Waals surface area contributed by atoms with Crippen molar-refractivity contribution < 1.29 is 8.42 Å². The van der Waals surface area contributed by atoms with Crippen LogP contribution >= 0.6 is 23.2 Å². The second kappa shape index (κ2) is 6.15. The average molecular weight is 347 g/mol. The Morgan fingerprint density at radius 2 is 2.05 bits per heavy atom. The highest BCUT2D eigenvalue weighted by Gasteiger charge is 2.22. The largest absolute Gasteiger partial charge is 0.398 e. The number of anilines is 1. The SMILES string of the molecule is Cc1nccc(CNS(=O)(=O)c2c(N)cc(Cl)cc2Cl)n1. The molecule has 2 aromatic rings. The summed E-state index contributed by atoms with van der Waals surface area (Å²) in [6.45, 7) is 1.72. The first kappa shape index (κ1) is 16.0. The number of nitrogen functional groups attached to an aromatic ring is 1. The molecule has 6 nitrogen and oxygen atoms in total. The first-order valence-corrected chi connectivity index (χ1v) is 8.06.